The number of hydrogen-bond donors (Lipinski definition) is 4. The van der Waals surface area contributed by atoms with E-state index in [2.05, 4.69) is 6.58 Å². The van der Waals surface area contributed by atoms with E-state index in [0.29, 0.717) is 0 Å². The SMILES string of the molecule is C=CCO[C@@H]1[C@@H](O)[C@H](O)[C@@H](CO)O[C@@H]1O. The van der Waals surface area contributed by atoms with Gasteiger partial charge in [0.15, 0.2) is 6.29 Å². The molecule has 1 heterocycles. The lowest BCUT2D eigenvalue weighted by Gasteiger charge is -2.39. The highest BCUT2D eigenvalue weighted by molar-refractivity contribution is 4.89. The van der Waals surface area contributed by atoms with Gasteiger partial charge in [0.25, 0.3) is 0 Å². The second-order valence-electron chi connectivity index (χ2n) is 3.32. The largest absolute Gasteiger partial charge is 0.394 e. The maximum atomic E-state index is 9.58. The predicted octanol–water partition coefficient (Wildman–Crippen LogP) is -2.01. The monoisotopic (exact) mass is 220 g/mol. The summed E-state index contributed by atoms with van der Waals surface area (Å²) in [6.45, 7) is 3.05. The zero-order valence-corrected chi connectivity index (χ0v) is 8.19. The molecule has 0 saturated carbocycles. The van der Waals surface area contributed by atoms with Gasteiger partial charge in [-0.15, -0.1) is 6.58 Å². The zero-order chi connectivity index (χ0) is 11.4. The summed E-state index contributed by atoms with van der Waals surface area (Å²) in [7, 11) is 0. The first-order valence-corrected chi connectivity index (χ1v) is 4.64. The lowest BCUT2D eigenvalue weighted by molar-refractivity contribution is -0.294. The molecule has 0 aromatic heterocycles. The fraction of sp³-hybridized carbons (Fsp3) is 0.778. The third-order valence-corrected chi connectivity index (χ3v) is 2.25. The van der Waals surface area contributed by atoms with Gasteiger partial charge in [-0.25, -0.2) is 0 Å². The molecule has 0 spiro atoms. The Labute approximate surface area is 87.4 Å². The van der Waals surface area contributed by atoms with Gasteiger partial charge in [0.1, 0.15) is 24.4 Å². The molecule has 0 bridgehead atoms. The summed E-state index contributed by atoms with van der Waals surface area (Å²) in [5.41, 5.74) is 0. The molecule has 5 atom stereocenters. The Hall–Kier alpha value is -0.500. The Morgan fingerprint density at radius 1 is 1.27 bits per heavy atom. The normalized spacial score (nSPS) is 41.5. The second kappa shape index (κ2) is 5.55. The van der Waals surface area contributed by atoms with E-state index in [1.165, 1.54) is 6.08 Å². The van der Waals surface area contributed by atoms with Crippen molar-refractivity contribution in [2.24, 2.45) is 0 Å². The smallest absolute Gasteiger partial charge is 0.184 e. The van der Waals surface area contributed by atoms with E-state index < -0.39 is 37.3 Å². The Bertz CT molecular complexity index is 209. The van der Waals surface area contributed by atoms with Crippen LogP contribution in [0.4, 0.5) is 0 Å². The Balaban J connectivity index is 2.61. The molecule has 6 nitrogen and oxygen atoms in total. The third kappa shape index (κ3) is 2.75. The van der Waals surface area contributed by atoms with Crippen LogP contribution in [0.15, 0.2) is 12.7 Å². The van der Waals surface area contributed by atoms with Gasteiger partial charge in [0, 0.05) is 0 Å². The van der Waals surface area contributed by atoms with Crippen LogP contribution in [0.5, 0.6) is 0 Å². The van der Waals surface area contributed by atoms with E-state index in [1.54, 1.807) is 0 Å². The zero-order valence-electron chi connectivity index (χ0n) is 8.19. The number of aliphatic hydroxyl groups is 4. The van der Waals surface area contributed by atoms with Crippen LogP contribution in [-0.2, 0) is 9.47 Å². The average molecular weight is 220 g/mol. The van der Waals surface area contributed by atoms with Crippen molar-refractivity contribution in [3.8, 4) is 0 Å². The lowest BCUT2D eigenvalue weighted by Crippen LogP contribution is -2.59. The van der Waals surface area contributed by atoms with Gasteiger partial charge >= 0.3 is 0 Å². The van der Waals surface area contributed by atoms with E-state index in [1.807, 2.05) is 0 Å². The number of aliphatic hydroxyl groups excluding tert-OH is 4. The minimum Gasteiger partial charge on any atom is -0.394 e. The standard InChI is InChI=1S/C9H16O6/c1-2-3-14-8-7(12)6(11)5(4-10)15-9(8)13/h2,5-13H,1,3-4H2/t5-,6-,7+,8-,9+/m1/s1. The van der Waals surface area contributed by atoms with Crippen LogP contribution in [0.3, 0.4) is 0 Å². The molecular formula is C9H16O6. The molecule has 0 aromatic rings. The molecule has 0 unspecified atom stereocenters. The molecule has 15 heavy (non-hydrogen) atoms. The third-order valence-electron chi connectivity index (χ3n) is 2.25. The van der Waals surface area contributed by atoms with Gasteiger partial charge in [0.05, 0.1) is 13.2 Å². The average Bonchev–Trinajstić information content (AvgIpc) is 2.23. The molecule has 1 aliphatic rings. The maximum absolute atomic E-state index is 9.58. The number of rotatable bonds is 4. The molecule has 0 aromatic carbocycles. The van der Waals surface area contributed by atoms with Crippen molar-refractivity contribution in [2.45, 2.75) is 30.7 Å². The van der Waals surface area contributed by atoms with Crippen LogP contribution in [0.1, 0.15) is 0 Å². The van der Waals surface area contributed by atoms with Gasteiger partial charge in [-0.2, -0.15) is 0 Å². The molecule has 4 N–H and O–H groups in total. The number of ether oxygens (including phenoxy) is 2. The Kier molecular flexibility index (Phi) is 4.65. The number of hydrogen-bond acceptors (Lipinski definition) is 6. The van der Waals surface area contributed by atoms with Gasteiger partial charge in [-0.1, -0.05) is 6.08 Å². The summed E-state index contributed by atoms with van der Waals surface area (Å²) in [6, 6.07) is 0. The van der Waals surface area contributed by atoms with Crippen LogP contribution in [0.25, 0.3) is 0 Å². The van der Waals surface area contributed by atoms with Crippen molar-refractivity contribution in [2.75, 3.05) is 13.2 Å². The summed E-state index contributed by atoms with van der Waals surface area (Å²) in [5, 5.41) is 37.3. The van der Waals surface area contributed by atoms with Gasteiger partial charge < -0.3 is 29.9 Å². The molecule has 1 fully saturated rings. The Morgan fingerprint density at radius 2 is 1.93 bits per heavy atom. The fourth-order valence-electron chi connectivity index (χ4n) is 1.43. The first-order chi connectivity index (χ1) is 7.11. The quantitative estimate of drug-likeness (QED) is 0.408. The van der Waals surface area contributed by atoms with E-state index in [9.17, 15) is 15.3 Å². The minimum atomic E-state index is -1.37. The van der Waals surface area contributed by atoms with E-state index >= 15 is 0 Å². The van der Waals surface area contributed by atoms with E-state index in [4.69, 9.17) is 14.6 Å². The van der Waals surface area contributed by atoms with Crippen LogP contribution >= 0.6 is 0 Å². The van der Waals surface area contributed by atoms with Gasteiger partial charge in [-0.3, -0.25) is 0 Å². The summed E-state index contributed by atoms with van der Waals surface area (Å²) >= 11 is 0. The first kappa shape index (κ1) is 12.6. The van der Waals surface area contributed by atoms with Crippen LogP contribution in [-0.4, -0.2) is 64.3 Å². The lowest BCUT2D eigenvalue weighted by atomic mass is 9.99. The summed E-state index contributed by atoms with van der Waals surface area (Å²) < 4.78 is 9.90. The molecule has 6 heteroatoms. The van der Waals surface area contributed by atoms with Crippen LogP contribution in [0.2, 0.25) is 0 Å². The summed E-state index contributed by atoms with van der Waals surface area (Å²) in [5.74, 6) is 0. The van der Waals surface area contributed by atoms with E-state index in [-0.39, 0.29) is 6.61 Å². The predicted molar refractivity (Wildman–Crippen MR) is 49.9 cm³/mol. The topological polar surface area (TPSA) is 99.4 Å². The molecule has 1 saturated heterocycles. The molecule has 1 rings (SSSR count). The highest BCUT2D eigenvalue weighted by Crippen LogP contribution is 2.21. The maximum Gasteiger partial charge on any atom is 0.184 e. The van der Waals surface area contributed by atoms with Crippen molar-refractivity contribution in [3.05, 3.63) is 12.7 Å². The molecule has 88 valence electrons. The molecular weight excluding hydrogens is 204 g/mol. The van der Waals surface area contributed by atoms with Gasteiger partial charge in [-0.05, 0) is 0 Å². The first-order valence-electron chi connectivity index (χ1n) is 4.64. The minimum absolute atomic E-state index is 0.124. The fourth-order valence-corrected chi connectivity index (χ4v) is 1.43. The summed E-state index contributed by atoms with van der Waals surface area (Å²) in [6.07, 6.45) is -4.55. The highest BCUT2D eigenvalue weighted by Gasteiger charge is 2.44. The van der Waals surface area contributed by atoms with Crippen LogP contribution in [0, 0.1) is 0 Å². The second-order valence-corrected chi connectivity index (χ2v) is 3.32. The molecule has 0 radical (unpaired) electrons. The highest BCUT2D eigenvalue weighted by atomic mass is 16.7. The van der Waals surface area contributed by atoms with Gasteiger partial charge in [0.2, 0.25) is 0 Å². The molecule has 0 amide bonds. The molecule has 0 aliphatic carbocycles. The van der Waals surface area contributed by atoms with Crippen molar-refractivity contribution in [1.29, 1.82) is 0 Å². The molecule has 1 aliphatic heterocycles. The summed E-state index contributed by atoms with van der Waals surface area (Å²) in [4.78, 5) is 0. The van der Waals surface area contributed by atoms with Crippen molar-refractivity contribution >= 4 is 0 Å². The van der Waals surface area contributed by atoms with Crippen molar-refractivity contribution in [1.82, 2.24) is 0 Å². The van der Waals surface area contributed by atoms with Crippen molar-refractivity contribution < 1.29 is 29.9 Å². The Morgan fingerprint density at radius 3 is 2.47 bits per heavy atom. The van der Waals surface area contributed by atoms with Crippen molar-refractivity contribution in [3.63, 3.8) is 0 Å². The van der Waals surface area contributed by atoms with Crippen LogP contribution < -0.4 is 0 Å². The van der Waals surface area contributed by atoms with E-state index in [0.717, 1.165) is 0 Å².